The number of ether oxygens (including phenoxy) is 1. The van der Waals surface area contributed by atoms with Gasteiger partial charge in [-0.05, 0) is 24.1 Å². The molecule has 5 heteroatoms. The van der Waals surface area contributed by atoms with E-state index >= 15 is 0 Å². The van der Waals surface area contributed by atoms with Gasteiger partial charge in [-0.2, -0.15) is 0 Å². The van der Waals surface area contributed by atoms with Gasteiger partial charge in [0.25, 0.3) is 0 Å². The zero-order chi connectivity index (χ0) is 13.0. The molecule has 1 fully saturated rings. The molecule has 1 N–H and O–H groups in total. The van der Waals surface area contributed by atoms with Gasteiger partial charge in [-0.15, -0.1) is 0 Å². The fourth-order valence-electron chi connectivity index (χ4n) is 1.80. The molecule has 1 aromatic rings. The van der Waals surface area contributed by atoms with E-state index in [9.17, 15) is 14.0 Å². The van der Waals surface area contributed by atoms with Gasteiger partial charge in [-0.1, -0.05) is 12.1 Å². The Kier molecular flexibility index (Phi) is 3.92. The van der Waals surface area contributed by atoms with Crippen LogP contribution in [0.4, 0.5) is 4.39 Å². The summed E-state index contributed by atoms with van der Waals surface area (Å²) >= 11 is 0. The molecule has 96 valence electrons. The first-order valence-electron chi connectivity index (χ1n) is 5.85. The van der Waals surface area contributed by atoms with E-state index in [1.807, 2.05) is 0 Å². The Balaban J connectivity index is 1.78. The van der Waals surface area contributed by atoms with Gasteiger partial charge in [0.1, 0.15) is 11.9 Å². The van der Waals surface area contributed by atoms with E-state index < -0.39 is 6.04 Å². The van der Waals surface area contributed by atoms with Crippen LogP contribution in [0.15, 0.2) is 24.3 Å². The van der Waals surface area contributed by atoms with Crippen LogP contribution in [0.5, 0.6) is 0 Å². The van der Waals surface area contributed by atoms with E-state index in [1.54, 1.807) is 12.1 Å². The lowest BCUT2D eigenvalue weighted by molar-refractivity contribution is -0.141. The first kappa shape index (κ1) is 12.5. The van der Waals surface area contributed by atoms with E-state index in [1.165, 1.54) is 12.1 Å². The van der Waals surface area contributed by atoms with Gasteiger partial charge in [0.2, 0.25) is 5.91 Å². The highest BCUT2D eigenvalue weighted by Crippen LogP contribution is 2.08. The number of esters is 1. The molecule has 0 bridgehead atoms. The number of halogens is 1. The molecule has 0 aromatic heterocycles. The predicted octanol–water partition coefficient (Wildman–Crippen LogP) is 1.19. The van der Waals surface area contributed by atoms with Crippen LogP contribution in [-0.2, 0) is 20.7 Å². The average Bonchev–Trinajstić information content (AvgIpc) is 2.74. The number of benzene rings is 1. The minimum absolute atomic E-state index is 0.192. The maximum absolute atomic E-state index is 12.7. The molecule has 0 radical (unpaired) electrons. The molecule has 1 amide bonds. The average molecular weight is 251 g/mol. The lowest BCUT2D eigenvalue weighted by Gasteiger charge is -2.08. The monoisotopic (exact) mass is 251 g/mol. The molecular weight excluding hydrogens is 237 g/mol. The van der Waals surface area contributed by atoms with Gasteiger partial charge in [-0.25, -0.2) is 9.18 Å². The van der Waals surface area contributed by atoms with E-state index in [2.05, 4.69) is 5.32 Å². The SMILES string of the molecule is O=C(CCc1ccc(F)cc1)N[C@H]1CCOC1=O. The fourth-order valence-corrected chi connectivity index (χ4v) is 1.80. The summed E-state index contributed by atoms with van der Waals surface area (Å²) in [7, 11) is 0. The van der Waals surface area contributed by atoms with E-state index in [-0.39, 0.29) is 24.1 Å². The fraction of sp³-hybridized carbons (Fsp3) is 0.385. The molecule has 1 heterocycles. The molecule has 2 rings (SSSR count). The molecule has 1 saturated heterocycles. The highest BCUT2D eigenvalue weighted by atomic mass is 19.1. The summed E-state index contributed by atoms with van der Waals surface area (Å²) in [5.41, 5.74) is 0.889. The van der Waals surface area contributed by atoms with Crippen LogP contribution in [0.3, 0.4) is 0 Å². The van der Waals surface area contributed by atoms with Crippen LogP contribution in [-0.4, -0.2) is 24.5 Å². The number of nitrogens with one attached hydrogen (secondary N) is 1. The van der Waals surface area contributed by atoms with Gasteiger partial charge in [0.05, 0.1) is 6.61 Å². The quantitative estimate of drug-likeness (QED) is 0.818. The summed E-state index contributed by atoms with van der Waals surface area (Å²) in [6.07, 6.45) is 1.32. The Morgan fingerprint density at radius 2 is 2.11 bits per heavy atom. The second-order valence-electron chi connectivity index (χ2n) is 4.20. The van der Waals surface area contributed by atoms with Crippen LogP contribution in [0.25, 0.3) is 0 Å². The zero-order valence-corrected chi connectivity index (χ0v) is 9.82. The summed E-state index contributed by atoms with van der Waals surface area (Å²) in [5, 5.41) is 2.62. The van der Waals surface area contributed by atoms with Gasteiger partial charge in [0.15, 0.2) is 0 Å². The number of hydrogen-bond donors (Lipinski definition) is 1. The maximum atomic E-state index is 12.7. The molecule has 1 aromatic carbocycles. The molecule has 0 saturated carbocycles. The van der Waals surface area contributed by atoms with Crippen LogP contribution < -0.4 is 5.32 Å². The van der Waals surface area contributed by atoms with Crippen molar-refractivity contribution in [1.29, 1.82) is 0 Å². The molecule has 18 heavy (non-hydrogen) atoms. The highest BCUT2D eigenvalue weighted by molar-refractivity contribution is 5.85. The van der Waals surface area contributed by atoms with Gasteiger partial charge < -0.3 is 10.1 Å². The third-order valence-corrected chi connectivity index (χ3v) is 2.82. The third kappa shape index (κ3) is 3.29. The first-order valence-corrected chi connectivity index (χ1v) is 5.85. The molecule has 1 atom stereocenters. The van der Waals surface area contributed by atoms with Crippen molar-refractivity contribution in [2.75, 3.05) is 6.61 Å². The number of cyclic esters (lactones) is 1. The van der Waals surface area contributed by atoms with Gasteiger partial charge >= 0.3 is 5.97 Å². The zero-order valence-electron chi connectivity index (χ0n) is 9.82. The van der Waals surface area contributed by atoms with E-state index in [0.29, 0.717) is 19.4 Å². The second kappa shape index (κ2) is 5.62. The van der Waals surface area contributed by atoms with Crippen molar-refractivity contribution >= 4 is 11.9 Å². The number of rotatable bonds is 4. The van der Waals surface area contributed by atoms with Crippen molar-refractivity contribution in [2.45, 2.75) is 25.3 Å². The van der Waals surface area contributed by atoms with Gasteiger partial charge in [-0.3, -0.25) is 4.79 Å². The number of hydrogen-bond acceptors (Lipinski definition) is 3. The molecule has 1 aliphatic rings. The Bertz CT molecular complexity index is 444. The normalized spacial score (nSPS) is 18.5. The lowest BCUT2D eigenvalue weighted by atomic mass is 10.1. The van der Waals surface area contributed by atoms with E-state index in [0.717, 1.165) is 5.56 Å². The largest absolute Gasteiger partial charge is 0.464 e. The maximum Gasteiger partial charge on any atom is 0.328 e. The van der Waals surface area contributed by atoms with Crippen molar-refractivity contribution in [1.82, 2.24) is 5.32 Å². The third-order valence-electron chi connectivity index (χ3n) is 2.82. The first-order chi connectivity index (χ1) is 8.65. The van der Waals surface area contributed by atoms with Crippen molar-refractivity contribution < 1.29 is 18.7 Å². The minimum Gasteiger partial charge on any atom is -0.464 e. The molecular formula is C13H14FNO3. The predicted molar refractivity (Wildman–Crippen MR) is 62.2 cm³/mol. The standard InChI is InChI=1S/C13H14FNO3/c14-10-4-1-9(2-5-10)3-6-12(16)15-11-7-8-18-13(11)17/h1-2,4-5,11H,3,6-8H2,(H,15,16)/t11-/m0/s1. The van der Waals surface area contributed by atoms with Crippen molar-refractivity contribution in [2.24, 2.45) is 0 Å². The Morgan fingerprint density at radius 1 is 1.39 bits per heavy atom. The van der Waals surface area contributed by atoms with E-state index in [4.69, 9.17) is 4.74 Å². The smallest absolute Gasteiger partial charge is 0.328 e. The minimum atomic E-state index is -0.509. The van der Waals surface area contributed by atoms with Crippen LogP contribution in [0.1, 0.15) is 18.4 Å². The van der Waals surface area contributed by atoms with Crippen molar-refractivity contribution in [3.8, 4) is 0 Å². The summed E-state index contributed by atoms with van der Waals surface area (Å²) in [6.45, 7) is 0.363. The molecule has 4 nitrogen and oxygen atoms in total. The summed E-state index contributed by atoms with van der Waals surface area (Å²) < 4.78 is 17.4. The number of carbonyl (C=O) groups excluding carboxylic acids is 2. The number of amides is 1. The topological polar surface area (TPSA) is 55.4 Å². The molecule has 0 spiro atoms. The molecule has 0 aliphatic carbocycles. The van der Waals surface area contributed by atoms with Crippen molar-refractivity contribution in [3.05, 3.63) is 35.6 Å². The summed E-state index contributed by atoms with van der Waals surface area (Å²) in [4.78, 5) is 22.7. The van der Waals surface area contributed by atoms with Gasteiger partial charge in [0, 0.05) is 12.8 Å². The molecule has 0 unspecified atom stereocenters. The Hall–Kier alpha value is -1.91. The summed E-state index contributed by atoms with van der Waals surface area (Å²) in [6, 6.07) is 5.51. The van der Waals surface area contributed by atoms with Crippen LogP contribution in [0, 0.1) is 5.82 Å². The Morgan fingerprint density at radius 3 is 2.72 bits per heavy atom. The van der Waals surface area contributed by atoms with Crippen LogP contribution in [0.2, 0.25) is 0 Å². The Labute approximate surface area is 104 Å². The number of carbonyl (C=O) groups is 2. The number of aryl methyl sites for hydroxylation is 1. The summed E-state index contributed by atoms with van der Waals surface area (Å²) in [5.74, 6) is -0.856. The van der Waals surface area contributed by atoms with Crippen LogP contribution >= 0.6 is 0 Å². The highest BCUT2D eigenvalue weighted by Gasteiger charge is 2.27. The lowest BCUT2D eigenvalue weighted by Crippen LogP contribution is -2.37. The van der Waals surface area contributed by atoms with Crippen molar-refractivity contribution in [3.63, 3.8) is 0 Å². The molecule has 1 aliphatic heterocycles. The second-order valence-corrected chi connectivity index (χ2v) is 4.20.